The van der Waals surface area contributed by atoms with Gasteiger partial charge in [-0.2, -0.15) is 0 Å². The molecule has 0 unspecified atom stereocenters. The largest absolute Gasteiger partial charge is 0.410 e. The van der Waals surface area contributed by atoms with Gasteiger partial charge in [0.1, 0.15) is 5.75 Å². The Balaban J connectivity index is 1.44. The van der Waals surface area contributed by atoms with Gasteiger partial charge >= 0.3 is 6.09 Å². The molecule has 24 heavy (non-hydrogen) atoms. The first-order valence-corrected chi connectivity index (χ1v) is 9.41. The van der Waals surface area contributed by atoms with E-state index in [1.165, 1.54) is 12.0 Å². The number of amides is 1. The van der Waals surface area contributed by atoms with Gasteiger partial charge in [0, 0.05) is 0 Å². The number of aryl methyl sites for hydroxylation is 1. The molecule has 0 spiro atoms. The van der Waals surface area contributed by atoms with Crippen LogP contribution in [0.15, 0.2) is 41.8 Å². The molecule has 1 aliphatic heterocycles. The van der Waals surface area contributed by atoms with Crippen LogP contribution in [0.5, 0.6) is 5.75 Å². The zero-order valence-electron chi connectivity index (χ0n) is 13.8. The van der Waals surface area contributed by atoms with E-state index in [1.807, 2.05) is 11.4 Å². The summed E-state index contributed by atoms with van der Waals surface area (Å²) >= 11 is 1.66. The lowest BCUT2D eigenvalue weighted by Crippen LogP contribution is -2.33. The molecule has 2 N–H and O–H groups in total. The van der Waals surface area contributed by atoms with Crippen molar-refractivity contribution in [1.82, 2.24) is 4.90 Å². The van der Waals surface area contributed by atoms with Crippen LogP contribution in [0.3, 0.4) is 0 Å². The van der Waals surface area contributed by atoms with Crippen molar-refractivity contribution >= 4 is 17.4 Å². The fraction of sp³-hybridized carbons (Fsp3) is 0.421. The molecule has 1 aromatic carbocycles. The molecule has 0 saturated carbocycles. The predicted molar refractivity (Wildman–Crippen MR) is 97.7 cm³/mol. The Kier molecular flexibility index (Phi) is 5.88. The van der Waals surface area contributed by atoms with Crippen molar-refractivity contribution < 1.29 is 9.53 Å². The van der Waals surface area contributed by atoms with Crippen LogP contribution in [0.2, 0.25) is 0 Å². The van der Waals surface area contributed by atoms with Crippen molar-refractivity contribution in [2.75, 3.05) is 19.6 Å². The van der Waals surface area contributed by atoms with E-state index in [-0.39, 0.29) is 0 Å². The summed E-state index contributed by atoms with van der Waals surface area (Å²) in [5.41, 5.74) is 6.56. The third-order valence-electron chi connectivity index (χ3n) is 4.61. The summed E-state index contributed by atoms with van der Waals surface area (Å²) < 4.78 is 5.11. The number of likely N-dealkylation sites (tertiary alicyclic amines) is 1. The highest BCUT2D eigenvalue weighted by atomic mass is 32.1. The van der Waals surface area contributed by atoms with Crippen LogP contribution < -0.4 is 10.5 Å². The van der Waals surface area contributed by atoms with Crippen molar-refractivity contribution in [2.45, 2.75) is 31.6 Å². The summed E-state index contributed by atoms with van der Waals surface area (Å²) in [4.78, 5) is 14.7. The van der Waals surface area contributed by atoms with Crippen molar-refractivity contribution in [2.24, 2.45) is 5.73 Å². The maximum atomic E-state index is 11.0. The summed E-state index contributed by atoms with van der Waals surface area (Å²) in [5, 5.41) is 1.97. The quantitative estimate of drug-likeness (QED) is 0.861. The molecule has 5 heteroatoms. The topological polar surface area (TPSA) is 55.6 Å². The number of rotatable bonds is 6. The highest BCUT2D eigenvalue weighted by Crippen LogP contribution is 2.38. The Morgan fingerprint density at radius 1 is 1.21 bits per heavy atom. The van der Waals surface area contributed by atoms with Crippen molar-refractivity contribution in [3.63, 3.8) is 0 Å². The van der Waals surface area contributed by atoms with E-state index in [2.05, 4.69) is 35.2 Å². The summed E-state index contributed by atoms with van der Waals surface area (Å²) in [7, 11) is 0. The number of hydrogen-bond acceptors (Lipinski definition) is 4. The fourth-order valence-electron chi connectivity index (χ4n) is 3.37. The number of carbonyl (C=O) groups excluding carboxylic acids is 1. The van der Waals surface area contributed by atoms with Crippen LogP contribution in [0.1, 0.15) is 35.6 Å². The van der Waals surface area contributed by atoms with Crippen LogP contribution >= 0.6 is 11.3 Å². The number of thiophene rings is 1. The van der Waals surface area contributed by atoms with Gasteiger partial charge in [0.2, 0.25) is 0 Å². The van der Waals surface area contributed by atoms with Gasteiger partial charge in [0.15, 0.2) is 0 Å². The molecule has 1 aromatic heterocycles. The van der Waals surface area contributed by atoms with Gasteiger partial charge < -0.3 is 15.4 Å². The fourth-order valence-corrected chi connectivity index (χ4v) is 4.36. The minimum atomic E-state index is -0.729. The number of piperidine rings is 1. The second-order valence-corrected chi connectivity index (χ2v) is 7.22. The molecule has 0 atom stereocenters. The molecular weight excluding hydrogens is 320 g/mol. The van der Waals surface area contributed by atoms with E-state index in [1.54, 1.807) is 11.3 Å². The van der Waals surface area contributed by atoms with Gasteiger partial charge in [-0.25, -0.2) is 4.79 Å². The number of nitrogens with zero attached hydrogens (tertiary/aromatic N) is 1. The molecule has 1 aliphatic rings. The third kappa shape index (κ3) is 4.58. The van der Waals surface area contributed by atoms with E-state index in [9.17, 15) is 4.79 Å². The number of carbonyl (C=O) groups is 1. The third-order valence-corrected chi connectivity index (χ3v) is 5.67. The van der Waals surface area contributed by atoms with Crippen molar-refractivity contribution in [1.29, 1.82) is 0 Å². The van der Waals surface area contributed by atoms with E-state index >= 15 is 0 Å². The number of ether oxygens (including phenoxy) is 1. The number of benzene rings is 1. The molecule has 2 heterocycles. The molecule has 0 radical (unpaired) electrons. The van der Waals surface area contributed by atoms with Gasteiger partial charge in [-0.15, -0.1) is 11.3 Å². The Hall–Kier alpha value is -1.85. The minimum absolute atomic E-state index is 0.477. The zero-order valence-corrected chi connectivity index (χ0v) is 14.6. The minimum Gasteiger partial charge on any atom is -0.409 e. The first-order chi connectivity index (χ1) is 11.7. The smallest absolute Gasteiger partial charge is 0.409 e. The van der Waals surface area contributed by atoms with E-state index in [4.69, 9.17) is 10.5 Å². The second-order valence-electron chi connectivity index (χ2n) is 6.28. The normalized spacial score (nSPS) is 16.2. The lowest BCUT2D eigenvalue weighted by Gasteiger charge is -2.31. The van der Waals surface area contributed by atoms with Gasteiger partial charge in [-0.3, -0.25) is 0 Å². The average Bonchev–Trinajstić information content (AvgIpc) is 3.04. The number of hydrogen-bond donors (Lipinski definition) is 1. The summed E-state index contributed by atoms with van der Waals surface area (Å²) in [6.45, 7) is 3.36. The number of nitrogens with two attached hydrogens (primary N) is 1. The molecule has 1 amide bonds. The van der Waals surface area contributed by atoms with Gasteiger partial charge in [0.05, 0.1) is 4.88 Å². The van der Waals surface area contributed by atoms with Gasteiger partial charge in [-0.05, 0) is 68.2 Å². The Labute approximate surface area is 147 Å². The molecule has 3 rings (SSSR count). The average molecular weight is 344 g/mol. The second kappa shape index (κ2) is 8.31. The van der Waals surface area contributed by atoms with Crippen LogP contribution in [0, 0.1) is 0 Å². The lowest BCUT2D eigenvalue weighted by atomic mass is 9.94. The maximum absolute atomic E-state index is 11.0. The van der Waals surface area contributed by atoms with E-state index in [0.717, 1.165) is 43.8 Å². The molecule has 2 aromatic rings. The summed E-state index contributed by atoms with van der Waals surface area (Å²) in [6, 6.07) is 12.5. The molecule has 0 bridgehead atoms. The lowest BCUT2D eigenvalue weighted by molar-refractivity contribution is 0.204. The van der Waals surface area contributed by atoms with Crippen molar-refractivity contribution in [3.8, 4) is 5.75 Å². The van der Waals surface area contributed by atoms with Crippen LogP contribution in [0.25, 0.3) is 0 Å². The van der Waals surface area contributed by atoms with Gasteiger partial charge in [-0.1, -0.05) is 30.3 Å². The molecule has 0 aliphatic carbocycles. The Morgan fingerprint density at radius 3 is 2.67 bits per heavy atom. The Morgan fingerprint density at radius 2 is 1.96 bits per heavy atom. The molecular formula is C19H24N2O2S. The molecule has 4 nitrogen and oxygen atoms in total. The molecule has 128 valence electrons. The van der Waals surface area contributed by atoms with Crippen LogP contribution in [-0.2, 0) is 6.42 Å². The number of primary amides is 1. The zero-order chi connectivity index (χ0) is 16.8. The Bertz CT molecular complexity index is 648. The monoisotopic (exact) mass is 344 g/mol. The summed E-state index contributed by atoms with van der Waals surface area (Å²) in [5.74, 6) is 1.12. The van der Waals surface area contributed by atoms with E-state index in [0.29, 0.717) is 11.7 Å². The van der Waals surface area contributed by atoms with Gasteiger partial charge in [0.25, 0.3) is 0 Å². The standard InChI is InChI=1S/C19H24N2O2S/c20-19(22)23-17-10-14-24-18(17)16-8-12-21(13-9-16)11-4-7-15-5-2-1-3-6-15/h1-3,5-6,10,14,16H,4,7-9,11-13H2,(H2,20,22). The summed E-state index contributed by atoms with van der Waals surface area (Å²) in [6.07, 6.45) is 3.83. The van der Waals surface area contributed by atoms with Crippen molar-refractivity contribution in [3.05, 3.63) is 52.2 Å². The first-order valence-electron chi connectivity index (χ1n) is 8.53. The highest BCUT2D eigenvalue weighted by molar-refractivity contribution is 7.10. The SMILES string of the molecule is NC(=O)Oc1ccsc1C1CCN(CCCc2ccccc2)CC1. The van der Waals surface area contributed by atoms with E-state index < -0.39 is 6.09 Å². The molecule has 1 saturated heterocycles. The van der Waals surface area contributed by atoms with Crippen LogP contribution in [-0.4, -0.2) is 30.6 Å². The maximum Gasteiger partial charge on any atom is 0.410 e. The van der Waals surface area contributed by atoms with Crippen LogP contribution in [0.4, 0.5) is 4.79 Å². The predicted octanol–water partition coefficient (Wildman–Crippen LogP) is 4.02. The first kappa shape index (κ1) is 17.0. The highest BCUT2D eigenvalue weighted by Gasteiger charge is 2.24. The molecule has 1 fully saturated rings.